The molecule has 0 radical (unpaired) electrons. The highest BCUT2D eigenvalue weighted by atomic mass is 16.7. The number of furan rings is 1. The maximum atomic E-state index is 6.80. The van der Waals surface area contributed by atoms with Crippen LogP contribution in [0.15, 0.2) is 89.5 Å². The van der Waals surface area contributed by atoms with E-state index in [0.29, 0.717) is 18.1 Å². The van der Waals surface area contributed by atoms with Crippen molar-refractivity contribution in [1.29, 1.82) is 0 Å². The zero-order valence-electron chi connectivity index (χ0n) is 17.9. The van der Waals surface area contributed by atoms with Crippen molar-refractivity contribution >= 4 is 0 Å². The van der Waals surface area contributed by atoms with Crippen molar-refractivity contribution < 1.29 is 23.4 Å². The van der Waals surface area contributed by atoms with Crippen LogP contribution in [0.4, 0.5) is 0 Å². The van der Waals surface area contributed by atoms with Gasteiger partial charge in [0.2, 0.25) is 0 Å². The van der Waals surface area contributed by atoms with E-state index in [2.05, 4.69) is 24.3 Å². The fraction of sp³-hybridized carbons (Fsp3) is 0.214. The summed E-state index contributed by atoms with van der Waals surface area (Å²) in [6.07, 6.45) is 2.75. The lowest BCUT2D eigenvalue weighted by Gasteiger charge is -2.40. The highest BCUT2D eigenvalue weighted by Crippen LogP contribution is 2.52. The Labute approximate surface area is 191 Å². The summed E-state index contributed by atoms with van der Waals surface area (Å²) in [6.45, 7) is 0.429. The molecule has 3 aromatic carbocycles. The summed E-state index contributed by atoms with van der Waals surface area (Å²) >= 11 is 0. The molecule has 0 saturated carbocycles. The summed E-state index contributed by atoms with van der Waals surface area (Å²) in [5, 5.41) is 0. The molecule has 5 heteroatoms. The van der Waals surface area contributed by atoms with Gasteiger partial charge in [0.15, 0.2) is 23.0 Å². The molecule has 164 valence electrons. The van der Waals surface area contributed by atoms with E-state index in [0.717, 1.165) is 35.7 Å². The molecule has 33 heavy (non-hydrogen) atoms. The van der Waals surface area contributed by atoms with Crippen molar-refractivity contribution in [1.82, 2.24) is 0 Å². The molecule has 0 N–H and O–H groups in total. The lowest BCUT2D eigenvalue weighted by molar-refractivity contribution is 0.0174. The first-order valence-corrected chi connectivity index (χ1v) is 11.3. The first-order chi connectivity index (χ1) is 16.3. The molecule has 7 rings (SSSR count). The fourth-order valence-corrected chi connectivity index (χ4v) is 5.49. The third-order valence-electron chi connectivity index (χ3n) is 7.03. The van der Waals surface area contributed by atoms with E-state index in [9.17, 15) is 0 Å². The van der Waals surface area contributed by atoms with Crippen molar-refractivity contribution in [2.45, 2.75) is 30.7 Å². The van der Waals surface area contributed by atoms with E-state index in [1.807, 2.05) is 54.6 Å². The summed E-state index contributed by atoms with van der Waals surface area (Å²) in [5.74, 6) is 3.73. The third kappa shape index (κ3) is 2.72. The van der Waals surface area contributed by atoms with Gasteiger partial charge in [-0.2, -0.15) is 0 Å². The minimum atomic E-state index is -0.588. The van der Waals surface area contributed by atoms with Crippen LogP contribution in [0.5, 0.6) is 23.0 Å². The highest BCUT2D eigenvalue weighted by molar-refractivity contribution is 5.53. The molecule has 4 aromatic rings. The van der Waals surface area contributed by atoms with E-state index in [1.54, 1.807) is 6.26 Å². The quantitative estimate of drug-likeness (QED) is 0.403. The summed E-state index contributed by atoms with van der Waals surface area (Å²) in [7, 11) is 0. The standard InChI is InChI=1S/C28H22O5/c1-2-9-20-18(7-1)14-15-28(20,24-13-6-16-29-24)25-17-30-23-12-5-8-19(26(23)33-25)27-31-21-10-3-4-11-22(21)32-27/h1-13,16,25,27H,14-15,17H2. The molecule has 2 atom stereocenters. The topological polar surface area (TPSA) is 50.1 Å². The predicted octanol–water partition coefficient (Wildman–Crippen LogP) is 5.82. The van der Waals surface area contributed by atoms with Gasteiger partial charge < -0.3 is 23.4 Å². The molecule has 3 aliphatic rings. The SMILES string of the molecule is c1coc(C2(C3COc4cccc(C5Oc6ccccc6O5)c4O3)CCc3ccccc32)c1. The van der Waals surface area contributed by atoms with Crippen molar-refractivity contribution in [3.63, 3.8) is 0 Å². The van der Waals surface area contributed by atoms with Crippen LogP contribution >= 0.6 is 0 Å². The molecule has 0 amide bonds. The molecule has 0 fully saturated rings. The molecule has 0 spiro atoms. The summed E-state index contributed by atoms with van der Waals surface area (Å²) in [5.41, 5.74) is 2.96. The van der Waals surface area contributed by atoms with Crippen LogP contribution in [0.2, 0.25) is 0 Å². The van der Waals surface area contributed by atoms with Gasteiger partial charge >= 0.3 is 0 Å². The molecule has 1 aliphatic carbocycles. The average Bonchev–Trinajstić information content (AvgIpc) is 3.62. The van der Waals surface area contributed by atoms with Gasteiger partial charge in [-0.1, -0.05) is 42.5 Å². The zero-order chi connectivity index (χ0) is 21.8. The van der Waals surface area contributed by atoms with Gasteiger partial charge in [-0.05, 0) is 60.4 Å². The molecule has 5 nitrogen and oxygen atoms in total. The average molecular weight is 438 g/mol. The number of rotatable bonds is 3. The van der Waals surface area contributed by atoms with E-state index in [-0.39, 0.29) is 6.10 Å². The van der Waals surface area contributed by atoms with Gasteiger partial charge in [0.25, 0.3) is 6.29 Å². The van der Waals surface area contributed by atoms with Gasteiger partial charge in [0.05, 0.1) is 17.2 Å². The van der Waals surface area contributed by atoms with Crippen LogP contribution in [0.3, 0.4) is 0 Å². The van der Waals surface area contributed by atoms with E-state index in [4.69, 9.17) is 23.4 Å². The molecule has 2 aliphatic heterocycles. The molecular formula is C28H22O5. The first-order valence-electron chi connectivity index (χ1n) is 11.3. The minimum Gasteiger partial charge on any atom is -0.486 e. The Morgan fingerprint density at radius 1 is 0.727 bits per heavy atom. The highest BCUT2D eigenvalue weighted by Gasteiger charge is 2.52. The van der Waals surface area contributed by atoms with Crippen LogP contribution in [0.25, 0.3) is 0 Å². The summed E-state index contributed by atoms with van der Waals surface area (Å²) < 4.78 is 31.3. The molecule has 1 aromatic heterocycles. The number of fused-ring (bicyclic) bond motifs is 3. The summed E-state index contributed by atoms with van der Waals surface area (Å²) in [6, 6.07) is 26.1. The van der Waals surface area contributed by atoms with Crippen LogP contribution in [0, 0.1) is 0 Å². The molecule has 3 heterocycles. The first kappa shape index (κ1) is 18.7. The number of hydrogen-bond donors (Lipinski definition) is 0. The number of ether oxygens (including phenoxy) is 4. The Kier molecular flexibility index (Phi) is 4.00. The molecule has 0 saturated heterocycles. The van der Waals surface area contributed by atoms with Gasteiger partial charge in [-0.3, -0.25) is 0 Å². The Morgan fingerprint density at radius 2 is 1.52 bits per heavy atom. The van der Waals surface area contributed by atoms with Gasteiger partial charge in [-0.15, -0.1) is 0 Å². The molecule has 2 unspecified atom stereocenters. The lowest BCUT2D eigenvalue weighted by atomic mass is 9.74. The maximum Gasteiger partial charge on any atom is 0.271 e. The van der Waals surface area contributed by atoms with Gasteiger partial charge in [0, 0.05) is 0 Å². The van der Waals surface area contributed by atoms with E-state index >= 15 is 0 Å². The Bertz CT molecular complexity index is 1300. The number of aryl methyl sites for hydroxylation is 1. The van der Waals surface area contributed by atoms with Crippen molar-refractivity contribution in [2.24, 2.45) is 0 Å². The number of para-hydroxylation sites is 3. The summed E-state index contributed by atoms with van der Waals surface area (Å²) in [4.78, 5) is 0. The predicted molar refractivity (Wildman–Crippen MR) is 121 cm³/mol. The van der Waals surface area contributed by atoms with Crippen molar-refractivity contribution in [3.8, 4) is 23.0 Å². The van der Waals surface area contributed by atoms with Crippen LogP contribution < -0.4 is 18.9 Å². The minimum absolute atomic E-state index is 0.260. The van der Waals surface area contributed by atoms with Crippen LogP contribution in [0.1, 0.15) is 35.2 Å². The van der Waals surface area contributed by atoms with Crippen molar-refractivity contribution in [3.05, 3.63) is 108 Å². The lowest BCUT2D eigenvalue weighted by Crippen LogP contribution is -2.48. The second-order valence-corrected chi connectivity index (χ2v) is 8.71. The van der Waals surface area contributed by atoms with Gasteiger partial charge in [-0.25, -0.2) is 0 Å². The van der Waals surface area contributed by atoms with Crippen LogP contribution in [-0.2, 0) is 11.8 Å². The normalized spacial score (nSPS) is 22.8. The largest absolute Gasteiger partial charge is 0.486 e. The van der Waals surface area contributed by atoms with Crippen molar-refractivity contribution in [2.75, 3.05) is 6.61 Å². The van der Waals surface area contributed by atoms with Gasteiger partial charge in [0.1, 0.15) is 18.5 Å². The Hall–Kier alpha value is -3.86. The van der Waals surface area contributed by atoms with Crippen LogP contribution in [-0.4, -0.2) is 12.7 Å². The van der Waals surface area contributed by atoms with E-state index in [1.165, 1.54) is 11.1 Å². The second-order valence-electron chi connectivity index (χ2n) is 8.71. The molecule has 0 bridgehead atoms. The smallest absolute Gasteiger partial charge is 0.271 e. The Balaban J connectivity index is 1.30. The Morgan fingerprint density at radius 3 is 2.33 bits per heavy atom. The monoisotopic (exact) mass is 438 g/mol. The maximum absolute atomic E-state index is 6.80. The fourth-order valence-electron chi connectivity index (χ4n) is 5.49. The number of benzene rings is 3. The zero-order valence-corrected chi connectivity index (χ0v) is 17.9. The number of hydrogen-bond acceptors (Lipinski definition) is 5. The van der Waals surface area contributed by atoms with E-state index < -0.39 is 11.7 Å². The molecular weight excluding hydrogens is 416 g/mol. The third-order valence-corrected chi connectivity index (χ3v) is 7.03. The second kappa shape index (κ2) is 7.07.